The van der Waals surface area contributed by atoms with Gasteiger partial charge in [-0.1, -0.05) is 91.9 Å². The third-order valence-corrected chi connectivity index (χ3v) is 8.41. The highest BCUT2D eigenvalue weighted by Crippen LogP contribution is 2.43. The summed E-state index contributed by atoms with van der Waals surface area (Å²) in [6, 6.07) is 14.2. The van der Waals surface area contributed by atoms with Gasteiger partial charge in [0.25, 0.3) is 0 Å². The monoisotopic (exact) mass is 484 g/mol. The lowest BCUT2D eigenvalue weighted by Gasteiger charge is -2.31. The molecule has 0 amide bonds. The summed E-state index contributed by atoms with van der Waals surface area (Å²) in [6.07, 6.45) is -0.318. The fraction of sp³-hybridized carbons (Fsp3) is 0.567. The number of aliphatic hydroxyl groups is 1. The maximum Gasteiger partial charge on any atom is 0.312 e. The number of rotatable bonds is 9. The van der Waals surface area contributed by atoms with E-state index in [2.05, 4.69) is 60.3 Å². The van der Waals surface area contributed by atoms with Crippen LogP contribution in [0, 0.1) is 5.92 Å². The van der Waals surface area contributed by atoms with Crippen LogP contribution >= 0.6 is 7.92 Å². The summed E-state index contributed by atoms with van der Waals surface area (Å²) in [5.74, 6) is 0.281. The second-order valence-corrected chi connectivity index (χ2v) is 13.6. The Hall–Kier alpha value is -1.70. The van der Waals surface area contributed by atoms with E-state index in [0.717, 1.165) is 5.56 Å². The summed E-state index contributed by atoms with van der Waals surface area (Å²) < 4.78 is 5.80. The third kappa shape index (κ3) is 7.40. The molecule has 0 saturated heterocycles. The SMILES string of the molecule is CC(C)c1cc(C(C)C)c(P(C)CC(C(=O)OC(C)(C)C)C(O)c2ccccc2)c(C(C)C)c1. The van der Waals surface area contributed by atoms with Crippen LogP contribution in [0.2, 0.25) is 0 Å². The van der Waals surface area contributed by atoms with E-state index in [4.69, 9.17) is 4.74 Å². The number of esters is 1. The number of carbonyl (C=O) groups is 1. The number of hydrogen-bond acceptors (Lipinski definition) is 3. The first-order chi connectivity index (χ1) is 15.7. The molecule has 4 heteroatoms. The maximum absolute atomic E-state index is 13.3. The van der Waals surface area contributed by atoms with Crippen molar-refractivity contribution in [3.63, 3.8) is 0 Å². The van der Waals surface area contributed by atoms with E-state index in [1.807, 2.05) is 51.1 Å². The number of hydrogen-bond donors (Lipinski definition) is 1. The third-order valence-electron chi connectivity index (χ3n) is 6.19. The van der Waals surface area contributed by atoms with Crippen LogP contribution in [-0.2, 0) is 9.53 Å². The Morgan fingerprint density at radius 1 is 0.882 bits per heavy atom. The fourth-order valence-corrected chi connectivity index (χ4v) is 6.96. The summed E-state index contributed by atoms with van der Waals surface area (Å²) in [7, 11) is -0.711. The zero-order valence-corrected chi connectivity index (χ0v) is 23.7. The molecule has 0 aliphatic carbocycles. The van der Waals surface area contributed by atoms with Crippen LogP contribution in [0.25, 0.3) is 0 Å². The highest BCUT2D eigenvalue weighted by Gasteiger charge is 2.35. The van der Waals surface area contributed by atoms with E-state index in [0.29, 0.717) is 23.9 Å². The Labute approximate surface area is 209 Å². The van der Waals surface area contributed by atoms with E-state index >= 15 is 0 Å². The molecular weight excluding hydrogens is 439 g/mol. The molecule has 3 unspecified atom stereocenters. The van der Waals surface area contributed by atoms with E-state index in [9.17, 15) is 9.90 Å². The van der Waals surface area contributed by atoms with Gasteiger partial charge in [-0.05, 0) is 78.9 Å². The molecule has 3 nitrogen and oxygen atoms in total. The average molecular weight is 485 g/mol. The van der Waals surface area contributed by atoms with Crippen molar-refractivity contribution in [1.29, 1.82) is 0 Å². The summed E-state index contributed by atoms with van der Waals surface area (Å²) in [5.41, 5.74) is 4.27. The van der Waals surface area contributed by atoms with E-state index in [1.165, 1.54) is 22.0 Å². The van der Waals surface area contributed by atoms with Crippen LogP contribution in [0.3, 0.4) is 0 Å². The highest BCUT2D eigenvalue weighted by molar-refractivity contribution is 7.65. The molecule has 0 spiro atoms. The van der Waals surface area contributed by atoms with Gasteiger partial charge in [-0.3, -0.25) is 4.79 Å². The van der Waals surface area contributed by atoms with Gasteiger partial charge in [-0.15, -0.1) is 0 Å². The van der Waals surface area contributed by atoms with Crippen molar-refractivity contribution in [2.75, 3.05) is 12.8 Å². The predicted molar refractivity (Wildman–Crippen MR) is 147 cm³/mol. The molecule has 0 aliphatic rings. The minimum Gasteiger partial charge on any atom is -0.460 e. The van der Waals surface area contributed by atoms with E-state index in [1.54, 1.807) is 0 Å². The lowest BCUT2D eigenvalue weighted by atomic mass is 9.89. The Morgan fingerprint density at radius 2 is 1.38 bits per heavy atom. The van der Waals surface area contributed by atoms with Crippen molar-refractivity contribution in [1.82, 2.24) is 0 Å². The number of carbonyl (C=O) groups excluding carboxylic acids is 1. The van der Waals surface area contributed by atoms with Gasteiger partial charge < -0.3 is 9.84 Å². The van der Waals surface area contributed by atoms with Crippen LogP contribution in [0.15, 0.2) is 42.5 Å². The molecule has 188 valence electrons. The van der Waals surface area contributed by atoms with Gasteiger partial charge in [0.1, 0.15) is 5.60 Å². The van der Waals surface area contributed by atoms with E-state index in [-0.39, 0.29) is 5.97 Å². The Kier molecular flexibility index (Phi) is 9.92. The van der Waals surface area contributed by atoms with Gasteiger partial charge in [0, 0.05) is 0 Å². The number of ether oxygens (including phenoxy) is 1. The molecule has 2 rings (SSSR count). The van der Waals surface area contributed by atoms with Crippen LogP contribution in [0.5, 0.6) is 0 Å². The van der Waals surface area contributed by atoms with Gasteiger partial charge >= 0.3 is 5.97 Å². The second-order valence-electron chi connectivity index (χ2n) is 11.4. The predicted octanol–water partition coefficient (Wildman–Crippen LogP) is 7.49. The molecule has 0 saturated carbocycles. The first-order valence-corrected chi connectivity index (χ1v) is 14.5. The first kappa shape index (κ1) is 28.5. The van der Waals surface area contributed by atoms with Gasteiger partial charge in [0.2, 0.25) is 0 Å². The van der Waals surface area contributed by atoms with Gasteiger partial charge in [0.05, 0.1) is 12.0 Å². The molecule has 0 aliphatic heterocycles. The number of aliphatic hydroxyl groups excluding tert-OH is 1. The first-order valence-electron chi connectivity index (χ1n) is 12.6. The van der Waals surface area contributed by atoms with Crippen molar-refractivity contribution in [3.8, 4) is 0 Å². The lowest BCUT2D eigenvalue weighted by Crippen LogP contribution is -2.34. The zero-order chi connectivity index (χ0) is 25.8. The molecule has 2 aromatic rings. The lowest BCUT2D eigenvalue weighted by molar-refractivity contribution is -0.163. The summed E-state index contributed by atoms with van der Waals surface area (Å²) in [5, 5.41) is 12.7. The normalized spacial score (nSPS) is 15.0. The van der Waals surface area contributed by atoms with Crippen LogP contribution < -0.4 is 5.30 Å². The molecule has 0 aromatic heterocycles. The summed E-state index contributed by atoms with van der Waals surface area (Å²) >= 11 is 0. The molecule has 2 aromatic carbocycles. The fourth-order valence-electron chi connectivity index (χ4n) is 4.31. The molecule has 0 heterocycles. The Balaban J connectivity index is 2.56. The molecule has 1 N–H and O–H groups in total. The largest absolute Gasteiger partial charge is 0.460 e. The topological polar surface area (TPSA) is 46.5 Å². The van der Waals surface area contributed by atoms with Gasteiger partial charge in [-0.25, -0.2) is 0 Å². The van der Waals surface area contributed by atoms with Crippen molar-refractivity contribution in [3.05, 3.63) is 64.7 Å². The molecular formula is C30H45O3P. The second kappa shape index (κ2) is 11.8. The van der Waals surface area contributed by atoms with E-state index < -0.39 is 25.5 Å². The molecule has 0 bridgehead atoms. The molecule has 34 heavy (non-hydrogen) atoms. The van der Waals surface area contributed by atoms with Crippen molar-refractivity contribution in [2.24, 2.45) is 5.92 Å². The van der Waals surface area contributed by atoms with Crippen LogP contribution in [-0.4, -0.2) is 29.5 Å². The maximum atomic E-state index is 13.3. The van der Waals surface area contributed by atoms with Crippen molar-refractivity contribution < 1.29 is 14.6 Å². The molecule has 0 radical (unpaired) electrons. The van der Waals surface area contributed by atoms with Crippen LogP contribution in [0.1, 0.15) is 108 Å². The molecule has 0 fully saturated rings. The molecule has 3 atom stereocenters. The van der Waals surface area contributed by atoms with Gasteiger partial charge in [0.15, 0.2) is 0 Å². The highest BCUT2D eigenvalue weighted by atomic mass is 31.1. The zero-order valence-electron chi connectivity index (χ0n) is 22.8. The minimum atomic E-state index is -0.902. The van der Waals surface area contributed by atoms with Crippen LogP contribution in [0.4, 0.5) is 0 Å². The Bertz CT molecular complexity index is 912. The summed E-state index contributed by atoms with van der Waals surface area (Å²) in [4.78, 5) is 13.3. The average Bonchev–Trinajstić information content (AvgIpc) is 2.74. The quantitative estimate of drug-likeness (QED) is 0.296. The standard InChI is InChI=1S/C30H45O3P/c1-19(2)23-16-24(20(3)4)28(25(17-23)21(5)6)34(10)18-26(29(32)33-30(7,8)9)27(31)22-14-12-11-13-15-22/h11-17,19-21,26-27,31H,18H2,1-10H3. The van der Waals surface area contributed by atoms with Gasteiger partial charge in [-0.2, -0.15) is 0 Å². The Morgan fingerprint density at radius 3 is 1.79 bits per heavy atom. The van der Waals surface area contributed by atoms with Crippen molar-refractivity contribution >= 4 is 19.2 Å². The summed E-state index contributed by atoms with van der Waals surface area (Å²) in [6.45, 7) is 21.4. The smallest absolute Gasteiger partial charge is 0.312 e. The van der Waals surface area contributed by atoms with Crippen molar-refractivity contribution in [2.45, 2.75) is 91.8 Å². The minimum absolute atomic E-state index is 0.325. The number of benzene rings is 2.